The Morgan fingerprint density at radius 2 is 1.81 bits per heavy atom. The van der Waals surface area contributed by atoms with Gasteiger partial charge < -0.3 is 0 Å². The number of nitrogens with zero attached hydrogens (tertiary/aromatic N) is 1. The molecule has 1 fully saturated rings. The molecule has 1 atom stereocenters. The van der Waals surface area contributed by atoms with Crippen LogP contribution in [0.2, 0.25) is 0 Å². The third kappa shape index (κ3) is 2.49. The third-order valence-corrected chi connectivity index (χ3v) is 3.90. The zero-order valence-electron chi connectivity index (χ0n) is 10.3. The summed E-state index contributed by atoms with van der Waals surface area (Å²) >= 11 is 3.50. The van der Waals surface area contributed by atoms with Crippen LogP contribution in [0.3, 0.4) is 0 Å². The van der Waals surface area contributed by atoms with E-state index in [4.69, 9.17) is 0 Å². The molecule has 1 aromatic rings. The van der Waals surface area contributed by atoms with Crippen LogP contribution in [0.1, 0.15) is 45.2 Å². The molecule has 88 valence electrons. The number of hydrogen-bond donors (Lipinski definition) is 0. The molecule has 2 heteroatoms. The van der Waals surface area contributed by atoms with Crippen LogP contribution in [0.15, 0.2) is 28.7 Å². The summed E-state index contributed by atoms with van der Waals surface area (Å²) in [6, 6.07) is 9.40. The van der Waals surface area contributed by atoms with Gasteiger partial charge in [0.25, 0.3) is 0 Å². The van der Waals surface area contributed by atoms with Crippen LogP contribution in [0.5, 0.6) is 0 Å². The first-order chi connectivity index (χ1) is 7.48. The van der Waals surface area contributed by atoms with Gasteiger partial charge in [-0.3, -0.25) is 4.90 Å². The smallest absolute Gasteiger partial charge is 0.0353 e. The summed E-state index contributed by atoms with van der Waals surface area (Å²) in [6.45, 7) is 8.16. The highest BCUT2D eigenvalue weighted by Crippen LogP contribution is 2.37. The van der Waals surface area contributed by atoms with Crippen LogP contribution in [0.4, 0.5) is 0 Å². The lowest BCUT2D eigenvalue weighted by atomic mass is 9.99. The molecule has 1 aliphatic rings. The largest absolute Gasteiger partial charge is 0.291 e. The Balaban J connectivity index is 2.23. The van der Waals surface area contributed by atoms with E-state index in [9.17, 15) is 0 Å². The predicted molar refractivity (Wildman–Crippen MR) is 72.6 cm³/mol. The van der Waals surface area contributed by atoms with Gasteiger partial charge >= 0.3 is 0 Å². The molecular formula is C14H20BrN. The van der Waals surface area contributed by atoms with Gasteiger partial charge in [0, 0.05) is 16.1 Å². The average molecular weight is 282 g/mol. The molecule has 1 unspecified atom stereocenters. The van der Waals surface area contributed by atoms with Crippen LogP contribution in [0.25, 0.3) is 0 Å². The van der Waals surface area contributed by atoms with Gasteiger partial charge in [-0.15, -0.1) is 0 Å². The van der Waals surface area contributed by atoms with Crippen molar-refractivity contribution in [2.75, 3.05) is 6.54 Å². The van der Waals surface area contributed by atoms with Crippen molar-refractivity contribution in [3.05, 3.63) is 34.3 Å². The molecule has 1 aliphatic heterocycles. The van der Waals surface area contributed by atoms with Gasteiger partial charge in [-0.2, -0.15) is 0 Å². The lowest BCUT2D eigenvalue weighted by molar-refractivity contribution is 0.121. The Morgan fingerprint density at radius 1 is 1.19 bits per heavy atom. The summed E-state index contributed by atoms with van der Waals surface area (Å²) in [5.74, 6) is 0. The van der Waals surface area contributed by atoms with E-state index in [1.165, 1.54) is 24.9 Å². The van der Waals surface area contributed by atoms with E-state index >= 15 is 0 Å². The molecule has 16 heavy (non-hydrogen) atoms. The van der Waals surface area contributed by atoms with E-state index in [0.29, 0.717) is 6.04 Å². The van der Waals surface area contributed by atoms with Crippen molar-refractivity contribution < 1.29 is 0 Å². The molecule has 0 N–H and O–H groups in total. The van der Waals surface area contributed by atoms with Gasteiger partial charge in [-0.25, -0.2) is 0 Å². The first-order valence-corrected chi connectivity index (χ1v) is 6.80. The van der Waals surface area contributed by atoms with Crippen molar-refractivity contribution in [3.8, 4) is 0 Å². The van der Waals surface area contributed by atoms with Gasteiger partial charge in [0.15, 0.2) is 0 Å². The van der Waals surface area contributed by atoms with Crippen molar-refractivity contribution >= 4 is 15.9 Å². The molecule has 1 aromatic carbocycles. The van der Waals surface area contributed by atoms with Crippen LogP contribution >= 0.6 is 15.9 Å². The molecular weight excluding hydrogens is 262 g/mol. The summed E-state index contributed by atoms with van der Waals surface area (Å²) in [6.07, 6.45) is 2.61. The standard InChI is InChI=1S/C14H20BrN/c1-14(2,3)16-10-4-5-13(16)11-6-8-12(15)9-7-11/h6-9,13H,4-5,10H2,1-3H3. The van der Waals surface area contributed by atoms with E-state index in [0.717, 1.165) is 4.47 Å². The lowest BCUT2D eigenvalue weighted by Crippen LogP contribution is -2.40. The Hall–Kier alpha value is -0.340. The van der Waals surface area contributed by atoms with E-state index in [1.54, 1.807) is 0 Å². The summed E-state index contributed by atoms with van der Waals surface area (Å²) in [7, 11) is 0. The average Bonchev–Trinajstić information content (AvgIpc) is 2.66. The normalized spacial score (nSPS) is 22.6. The molecule has 0 bridgehead atoms. The molecule has 0 spiro atoms. The minimum absolute atomic E-state index is 0.272. The van der Waals surface area contributed by atoms with E-state index in [2.05, 4.69) is 65.9 Å². The maximum atomic E-state index is 3.50. The van der Waals surface area contributed by atoms with Gasteiger partial charge in [-0.05, 0) is 57.9 Å². The molecule has 0 radical (unpaired) electrons. The van der Waals surface area contributed by atoms with Crippen LogP contribution in [-0.2, 0) is 0 Å². The number of hydrogen-bond acceptors (Lipinski definition) is 1. The van der Waals surface area contributed by atoms with E-state index in [1.807, 2.05) is 0 Å². The second-order valence-corrected chi connectivity index (χ2v) is 6.49. The molecule has 0 aliphatic carbocycles. The van der Waals surface area contributed by atoms with Crippen molar-refractivity contribution in [1.82, 2.24) is 4.90 Å². The second-order valence-electron chi connectivity index (χ2n) is 5.57. The molecule has 1 nitrogen and oxygen atoms in total. The van der Waals surface area contributed by atoms with Gasteiger partial charge in [0.2, 0.25) is 0 Å². The van der Waals surface area contributed by atoms with Crippen LogP contribution < -0.4 is 0 Å². The zero-order valence-corrected chi connectivity index (χ0v) is 11.9. The van der Waals surface area contributed by atoms with Crippen molar-refractivity contribution in [3.63, 3.8) is 0 Å². The third-order valence-electron chi connectivity index (χ3n) is 3.37. The Bertz CT molecular complexity index is 350. The van der Waals surface area contributed by atoms with E-state index in [-0.39, 0.29) is 5.54 Å². The van der Waals surface area contributed by atoms with Crippen LogP contribution in [-0.4, -0.2) is 17.0 Å². The highest BCUT2D eigenvalue weighted by atomic mass is 79.9. The first-order valence-electron chi connectivity index (χ1n) is 6.01. The summed E-state index contributed by atoms with van der Waals surface area (Å²) in [5, 5.41) is 0. The Morgan fingerprint density at radius 3 is 2.38 bits per heavy atom. The number of halogens is 1. The molecule has 1 saturated heterocycles. The quantitative estimate of drug-likeness (QED) is 0.738. The molecule has 1 heterocycles. The number of benzene rings is 1. The summed E-state index contributed by atoms with van der Waals surface area (Å²) in [5.41, 5.74) is 1.73. The minimum Gasteiger partial charge on any atom is -0.291 e. The Labute approximate surface area is 107 Å². The van der Waals surface area contributed by atoms with Crippen molar-refractivity contribution in [2.24, 2.45) is 0 Å². The lowest BCUT2D eigenvalue weighted by Gasteiger charge is -2.37. The molecule has 0 aromatic heterocycles. The predicted octanol–water partition coefficient (Wildman–Crippen LogP) is 4.38. The zero-order chi connectivity index (χ0) is 11.8. The fourth-order valence-electron chi connectivity index (χ4n) is 2.60. The maximum absolute atomic E-state index is 3.50. The van der Waals surface area contributed by atoms with Gasteiger partial charge in [0.1, 0.15) is 0 Å². The highest BCUT2D eigenvalue weighted by Gasteiger charge is 2.33. The second kappa shape index (κ2) is 4.50. The van der Waals surface area contributed by atoms with Crippen molar-refractivity contribution in [1.29, 1.82) is 0 Å². The maximum Gasteiger partial charge on any atom is 0.0353 e. The topological polar surface area (TPSA) is 3.24 Å². The fraction of sp³-hybridized carbons (Fsp3) is 0.571. The molecule has 0 saturated carbocycles. The van der Waals surface area contributed by atoms with Gasteiger partial charge in [0.05, 0.1) is 0 Å². The summed E-state index contributed by atoms with van der Waals surface area (Å²) in [4.78, 5) is 2.62. The monoisotopic (exact) mass is 281 g/mol. The fourth-order valence-corrected chi connectivity index (χ4v) is 2.87. The SMILES string of the molecule is CC(C)(C)N1CCCC1c1ccc(Br)cc1. The number of likely N-dealkylation sites (tertiary alicyclic amines) is 1. The van der Waals surface area contributed by atoms with Gasteiger partial charge in [-0.1, -0.05) is 28.1 Å². The van der Waals surface area contributed by atoms with Crippen LogP contribution in [0, 0.1) is 0 Å². The Kier molecular flexibility index (Phi) is 3.41. The van der Waals surface area contributed by atoms with Crippen molar-refractivity contribution in [2.45, 2.75) is 45.2 Å². The molecule has 2 rings (SSSR count). The molecule has 0 amide bonds. The highest BCUT2D eigenvalue weighted by molar-refractivity contribution is 9.10. The minimum atomic E-state index is 0.272. The summed E-state index contributed by atoms with van der Waals surface area (Å²) < 4.78 is 1.16. The van der Waals surface area contributed by atoms with E-state index < -0.39 is 0 Å². The first kappa shape index (κ1) is 12.1. The number of rotatable bonds is 1.